The summed E-state index contributed by atoms with van der Waals surface area (Å²) in [4.78, 5) is 12.7. The van der Waals surface area contributed by atoms with Crippen molar-refractivity contribution in [3.05, 3.63) is 35.9 Å². The highest BCUT2D eigenvalue weighted by molar-refractivity contribution is 6.70. The highest BCUT2D eigenvalue weighted by Crippen LogP contribution is 2.45. The third-order valence-electron chi connectivity index (χ3n) is 3.14. The molecule has 1 aromatic rings. The Morgan fingerprint density at radius 3 is 2.15 bits per heavy atom. The number of ketones is 1. The zero-order chi connectivity index (χ0) is 15.1. The second kappa shape index (κ2) is 4.89. The molecule has 20 heavy (non-hydrogen) atoms. The average molecular weight is 293 g/mol. The lowest BCUT2D eigenvalue weighted by atomic mass is 9.84. The number of rotatable bonds is 5. The zero-order valence-electron chi connectivity index (χ0n) is 13.1. The lowest BCUT2D eigenvalue weighted by Crippen LogP contribution is -2.58. The monoisotopic (exact) mass is 293 g/mol. The van der Waals surface area contributed by atoms with Crippen LogP contribution in [0.2, 0.25) is 19.6 Å². The van der Waals surface area contributed by atoms with Gasteiger partial charge in [0.05, 0.1) is 6.10 Å². The van der Waals surface area contributed by atoms with Crippen LogP contribution in [0.3, 0.4) is 0 Å². The molecule has 0 fully saturated rings. The summed E-state index contributed by atoms with van der Waals surface area (Å²) in [6, 6.07) is 3.80. The van der Waals surface area contributed by atoms with Gasteiger partial charge >= 0.3 is 0 Å². The Labute approximate surface area is 121 Å². The fourth-order valence-corrected chi connectivity index (χ4v) is 3.67. The Bertz CT molecular complexity index is 540. The molecule has 0 saturated heterocycles. The maximum absolute atomic E-state index is 12.7. The van der Waals surface area contributed by atoms with Gasteiger partial charge in [0.15, 0.2) is 14.1 Å². The van der Waals surface area contributed by atoms with Crippen molar-refractivity contribution in [2.45, 2.75) is 52.2 Å². The summed E-state index contributed by atoms with van der Waals surface area (Å²) >= 11 is 0. The van der Waals surface area contributed by atoms with Crippen LogP contribution in [0.5, 0.6) is 0 Å². The summed E-state index contributed by atoms with van der Waals surface area (Å²) < 4.78 is 13.7. The fraction of sp³-hybridized carbons (Fsp3) is 0.533. The number of Topliss-reactive ketones (excluding diaryl/α,β-unsaturated/α-hetero) is 1. The number of hydrogen-bond acceptors (Lipinski definition) is 3. The number of aromatic nitrogens is 1. The molecule has 0 amide bonds. The van der Waals surface area contributed by atoms with E-state index in [0.717, 1.165) is 5.57 Å². The van der Waals surface area contributed by atoms with Crippen molar-refractivity contribution in [2.24, 2.45) is 0 Å². The zero-order valence-corrected chi connectivity index (χ0v) is 14.1. The Morgan fingerprint density at radius 2 is 1.75 bits per heavy atom. The maximum atomic E-state index is 12.7. The summed E-state index contributed by atoms with van der Waals surface area (Å²) in [7, 11) is -1.90. The second-order valence-electron chi connectivity index (χ2n) is 6.40. The van der Waals surface area contributed by atoms with Crippen molar-refractivity contribution >= 4 is 14.1 Å². The van der Waals surface area contributed by atoms with E-state index in [1.165, 1.54) is 0 Å². The summed E-state index contributed by atoms with van der Waals surface area (Å²) in [6.45, 7) is 12.0. The molecule has 5 heteroatoms. The van der Waals surface area contributed by atoms with Crippen molar-refractivity contribution in [1.29, 1.82) is 0 Å². The average Bonchev–Trinajstić information content (AvgIpc) is 2.84. The summed E-state index contributed by atoms with van der Waals surface area (Å²) in [5.41, 5.74) is -0.145. The van der Waals surface area contributed by atoms with Crippen LogP contribution in [0, 0.1) is 0 Å². The Hall–Kier alpha value is -1.33. The first-order valence-corrected chi connectivity index (χ1v) is 10.4. The molecule has 4 nitrogen and oxygen atoms in total. The van der Waals surface area contributed by atoms with Crippen molar-refractivity contribution in [1.82, 2.24) is 4.57 Å². The van der Waals surface area contributed by atoms with Gasteiger partial charge < -0.3 is 13.7 Å². The number of ether oxygens (including phenoxy) is 1. The summed E-state index contributed by atoms with van der Waals surface area (Å²) in [5, 5.41) is 0. The van der Waals surface area contributed by atoms with E-state index < -0.39 is 14.0 Å². The number of hydrogen-bond donors (Lipinski definition) is 0. The van der Waals surface area contributed by atoms with Crippen LogP contribution in [-0.4, -0.2) is 24.8 Å². The normalized spacial score (nSPS) is 23.2. The molecule has 110 valence electrons. The molecule has 0 saturated carbocycles. The molecule has 1 unspecified atom stereocenters. The van der Waals surface area contributed by atoms with Crippen LogP contribution < -0.4 is 0 Å². The summed E-state index contributed by atoms with van der Waals surface area (Å²) in [5.74, 6) is 0.370. The van der Waals surface area contributed by atoms with E-state index in [9.17, 15) is 4.79 Å². The van der Waals surface area contributed by atoms with Gasteiger partial charge in [0, 0.05) is 18.0 Å². The van der Waals surface area contributed by atoms with Gasteiger partial charge in [0.25, 0.3) is 5.78 Å². The minimum Gasteiger partial charge on any atom is -0.487 e. The minimum absolute atomic E-state index is 0.0153. The van der Waals surface area contributed by atoms with Gasteiger partial charge in [-0.25, -0.2) is 0 Å². The smallest absolute Gasteiger partial charge is 0.254 e. The molecule has 0 aliphatic heterocycles. The van der Waals surface area contributed by atoms with Crippen LogP contribution in [0.1, 0.15) is 20.8 Å². The van der Waals surface area contributed by atoms with Crippen LogP contribution in [0.4, 0.5) is 0 Å². The van der Waals surface area contributed by atoms with E-state index in [1.807, 2.05) is 49.9 Å². The first-order chi connectivity index (χ1) is 9.18. The van der Waals surface area contributed by atoms with Gasteiger partial charge in [0.2, 0.25) is 5.72 Å². The lowest BCUT2D eigenvalue weighted by Gasteiger charge is -2.46. The number of carbonyl (C=O) groups excluding carboxylic acids is 1. The number of nitrogens with zero attached hydrogens (tertiary/aromatic N) is 1. The van der Waals surface area contributed by atoms with Gasteiger partial charge in [0.1, 0.15) is 0 Å². The molecule has 1 heterocycles. The largest absolute Gasteiger partial charge is 0.487 e. The molecule has 0 aromatic carbocycles. The fourth-order valence-electron chi connectivity index (χ4n) is 2.44. The third-order valence-corrected chi connectivity index (χ3v) is 4.05. The van der Waals surface area contributed by atoms with E-state index in [2.05, 4.69) is 19.6 Å². The lowest BCUT2D eigenvalue weighted by molar-refractivity contribution is -0.148. The molecular formula is C15H23NO3Si. The van der Waals surface area contributed by atoms with E-state index in [0.29, 0.717) is 5.76 Å². The molecule has 1 atom stereocenters. The van der Waals surface area contributed by atoms with Crippen LogP contribution in [0.15, 0.2) is 35.9 Å². The van der Waals surface area contributed by atoms with Gasteiger partial charge in [-0.1, -0.05) is 0 Å². The quantitative estimate of drug-likeness (QED) is 0.782. The van der Waals surface area contributed by atoms with Crippen LogP contribution >= 0.6 is 0 Å². The third kappa shape index (κ3) is 2.36. The Balaban J connectivity index is 2.47. The molecule has 1 aromatic heterocycles. The summed E-state index contributed by atoms with van der Waals surface area (Å²) in [6.07, 6.45) is 3.72. The van der Waals surface area contributed by atoms with Gasteiger partial charge in [-0.15, -0.1) is 0 Å². The van der Waals surface area contributed by atoms with Gasteiger partial charge in [-0.3, -0.25) is 4.79 Å². The van der Waals surface area contributed by atoms with Crippen molar-refractivity contribution in [2.75, 3.05) is 0 Å². The number of carbonyl (C=O) groups is 1. The van der Waals surface area contributed by atoms with Crippen molar-refractivity contribution in [3.63, 3.8) is 0 Å². The molecular weight excluding hydrogens is 270 g/mol. The SMILES string of the molecule is CC1=C(OC(C)C)C(=O)C1(O[Si](C)(C)C)n1cccc1. The van der Waals surface area contributed by atoms with Crippen molar-refractivity contribution in [3.8, 4) is 0 Å². The first kappa shape index (κ1) is 15.1. The maximum Gasteiger partial charge on any atom is 0.254 e. The first-order valence-electron chi connectivity index (χ1n) is 6.95. The van der Waals surface area contributed by atoms with Gasteiger partial charge in [-0.05, 0) is 52.5 Å². The van der Waals surface area contributed by atoms with E-state index in [1.54, 1.807) is 0 Å². The molecule has 0 bridgehead atoms. The van der Waals surface area contributed by atoms with Crippen molar-refractivity contribution < 1.29 is 14.0 Å². The predicted octanol–water partition coefficient (Wildman–Crippen LogP) is 3.27. The van der Waals surface area contributed by atoms with E-state index in [-0.39, 0.29) is 11.9 Å². The predicted molar refractivity (Wildman–Crippen MR) is 80.8 cm³/mol. The highest BCUT2D eigenvalue weighted by Gasteiger charge is 2.57. The molecule has 0 radical (unpaired) electrons. The van der Waals surface area contributed by atoms with Gasteiger partial charge in [-0.2, -0.15) is 0 Å². The molecule has 1 aliphatic rings. The van der Waals surface area contributed by atoms with E-state index in [4.69, 9.17) is 9.16 Å². The molecule has 0 N–H and O–H groups in total. The molecule has 0 spiro atoms. The highest BCUT2D eigenvalue weighted by atomic mass is 28.4. The molecule has 1 aliphatic carbocycles. The van der Waals surface area contributed by atoms with E-state index >= 15 is 0 Å². The molecule has 2 rings (SSSR count). The Kier molecular flexibility index (Phi) is 3.69. The Morgan fingerprint density at radius 1 is 1.20 bits per heavy atom. The topological polar surface area (TPSA) is 40.5 Å². The van der Waals surface area contributed by atoms with Crippen LogP contribution in [-0.2, 0) is 19.7 Å². The second-order valence-corrected chi connectivity index (χ2v) is 10.8. The van der Waals surface area contributed by atoms with Crippen LogP contribution in [0.25, 0.3) is 0 Å². The minimum atomic E-state index is -1.90. The standard InChI is InChI=1S/C15H23NO3Si/c1-11(2)18-13-12(3)15(14(13)17,19-20(4,5)6)16-9-7-8-10-16/h7-11H,1-6H3.